The van der Waals surface area contributed by atoms with Crippen molar-refractivity contribution in [3.05, 3.63) is 35.6 Å². The topological polar surface area (TPSA) is 191 Å². The molecule has 294 valence electrons. The molecule has 4 amide bonds. The van der Waals surface area contributed by atoms with Crippen molar-refractivity contribution in [2.75, 3.05) is 49.1 Å². The Hall–Kier alpha value is -4.73. The molecule has 4 atom stereocenters. The zero-order chi connectivity index (χ0) is 38.9. The van der Waals surface area contributed by atoms with Crippen LogP contribution in [0.3, 0.4) is 0 Å². The standard InChI is InChI=1S/C19H24ClN5O3.C19H25N5O3/c1-12-11-24(8-9-25(12)16-5-4-15(20)22-23-16)18(28)6-7-19(13-2-3-13)14(26)10-17(27)21-19;1-13-12-23(9-10-24(13)16-3-2-8-20-22-16)18(27)6-7-19(14-4-5-14)15(25)11-17(26)21-19/h4-5,12-13H,2-3,6-11H2,1H3,(H,21,27);2-3,8,13-14H,4-7,9-12H2,1H3,(H,21,26)/t12-,19?;13-,19?/m00/s1. The van der Waals surface area contributed by atoms with Crippen LogP contribution >= 0.6 is 11.6 Å². The summed E-state index contributed by atoms with van der Waals surface area (Å²) in [6, 6.07) is 7.56. The predicted molar refractivity (Wildman–Crippen MR) is 201 cm³/mol. The Morgan fingerprint density at radius 2 is 1.20 bits per heavy atom. The highest BCUT2D eigenvalue weighted by atomic mass is 35.5. The van der Waals surface area contributed by atoms with Gasteiger partial charge in [-0.1, -0.05) is 11.6 Å². The minimum Gasteiger partial charge on any atom is -0.349 e. The lowest BCUT2D eigenvalue weighted by Crippen LogP contribution is -2.55. The first-order chi connectivity index (χ1) is 26.4. The Labute approximate surface area is 325 Å². The van der Waals surface area contributed by atoms with Crippen molar-refractivity contribution in [1.29, 1.82) is 0 Å². The highest BCUT2D eigenvalue weighted by Gasteiger charge is 2.56. The average Bonchev–Trinajstić information content (AvgIpc) is 4.11. The van der Waals surface area contributed by atoms with Crippen LogP contribution in [0.5, 0.6) is 0 Å². The predicted octanol–water partition coefficient (Wildman–Crippen LogP) is 1.72. The van der Waals surface area contributed by atoms with E-state index in [1.807, 2.05) is 34.9 Å². The molecule has 0 spiro atoms. The fourth-order valence-corrected chi connectivity index (χ4v) is 8.94. The lowest BCUT2D eigenvalue weighted by atomic mass is 9.85. The van der Waals surface area contributed by atoms with Crippen molar-refractivity contribution in [2.45, 2.75) is 101 Å². The van der Waals surface area contributed by atoms with Crippen LogP contribution < -0.4 is 20.4 Å². The summed E-state index contributed by atoms with van der Waals surface area (Å²) in [7, 11) is 0. The summed E-state index contributed by atoms with van der Waals surface area (Å²) < 4.78 is 0. The molecule has 2 aliphatic carbocycles. The van der Waals surface area contributed by atoms with Crippen LogP contribution in [0.15, 0.2) is 30.5 Å². The summed E-state index contributed by atoms with van der Waals surface area (Å²) in [4.78, 5) is 81.8. The number of carbonyl (C=O) groups is 6. The molecule has 4 aliphatic heterocycles. The molecule has 0 aromatic carbocycles. The zero-order valence-electron chi connectivity index (χ0n) is 31.4. The maximum absolute atomic E-state index is 12.8. The number of amides is 4. The van der Waals surface area contributed by atoms with Gasteiger partial charge in [-0.25, -0.2) is 0 Å². The molecular formula is C38H49ClN10O6. The second kappa shape index (κ2) is 15.8. The van der Waals surface area contributed by atoms with E-state index < -0.39 is 11.1 Å². The highest BCUT2D eigenvalue weighted by Crippen LogP contribution is 2.46. The van der Waals surface area contributed by atoms with E-state index in [2.05, 4.69) is 47.8 Å². The van der Waals surface area contributed by atoms with Gasteiger partial charge in [0.05, 0.1) is 12.8 Å². The number of carbonyl (C=O) groups excluding carboxylic acids is 6. The quantitative estimate of drug-likeness (QED) is 0.333. The Morgan fingerprint density at radius 1 is 0.709 bits per heavy atom. The second-order valence-electron chi connectivity index (χ2n) is 15.8. The molecule has 8 rings (SSSR count). The first-order valence-electron chi connectivity index (χ1n) is 19.4. The van der Waals surface area contributed by atoms with E-state index in [0.29, 0.717) is 63.7 Å². The zero-order valence-corrected chi connectivity index (χ0v) is 32.2. The van der Waals surface area contributed by atoms with Crippen molar-refractivity contribution >= 4 is 58.4 Å². The molecule has 2 saturated carbocycles. The van der Waals surface area contributed by atoms with Gasteiger partial charge >= 0.3 is 0 Å². The molecule has 55 heavy (non-hydrogen) atoms. The van der Waals surface area contributed by atoms with Gasteiger partial charge in [-0.15, -0.1) is 15.3 Å². The molecule has 6 aliphatic rings. The molecular weight excluding hydrogens is 728 g/mol. The van der Waals surface area contributed by atoms with Crippen molar-refractivity contribution in [3.63, 3.8) is 0 Å². The number of anilines is 2. The minimum absolute atomic E-state index is 0.0302. The molecule has 0 bridgehead atoms. The van der Waals surface area contributed by atoms with Gasteiger partial charge in [-0.2, -0.15) is 5.10 Å². The Bertz CT molecular complexity index is 1810. The van der Waals surface area contributed by atoms with Crippen molar-refractivity contribution in [2.24, 2.45) is 11.8 Å². The number of hydrogen-bond acceptors (Lipinski definition) is 12. The van der Waals surface area contributed by atoms with Crippen LogP contribution in [0.25, 0.3) is 0 Å². The number of rotatable bonds is 10. The van der Waals surface area contributed by atoms with E-state index in [9.17, 15) is 28.8 Å². The Morgan fingerprint density at radius 3 is 1.56 bits per heavy atom. The number of halogens is 1. The first kappa shape index (κ1) is 38.5. The van der Waals surface area contributed by atoms with Crippen LogP contribution in [0.2, 0.25) is 5.15 Å². The normalized spacial score (nSPS) is 28.1. The van der Waals surface area contributed by atoms with Gasteiger partial charge in [0, 0.05) is 70.4 Å². The van der Waals surface area contributed by atoms with E-state index in [1.165, 1.54) is 0 Å². The third-order valence-electron chi connectivity index (χ3n) is 12.1. The van der Waals surface area contributed by atoms with Crippen LogP contribution in [0.1, 0.15) is 78.1 Å². The van der Waals surface area contributed by atoms with Gasteiger partial charge in [0.1, 0.15) is 11.1 Å². The third-order valence-corrected chi connectivity index (χ3v) is 12.3. The molecule has 6 fully saturated rings. The smallest absolute Gasteiger partial charge is 0.228 e. The van der Waals surface area contributed by atoms with Crippen LogP contribution in [-0.4, -0.2) is 128 Å². The number of Topliss-reactive ketones (excluding diaryl/α,β-unsaturated/α-hetero) is 2. The van der Waals surface area contributed by atoms with Gasteiger partial charge < -0.3 is 30.2 Å². The van der Waals surface area contributed by atoms with E-state index in [1.54, 1.807) is 12.3 Å². The maximum Gasteiger partial charge on any atom is 0.228 e. The molecule has 16 nitrogen and oxygen atoms in total. The fraction of sp³-hybridized carbons (Fsp3) is 0.632. The number of nitrogens with zero attached hydrogens (tertiary/aromatic N) is 8. The Balaban J connectivity index is 0.000000169. The molecule has 2 aromatic rings. The van der Waals surface area contributed by atoms with Crippen LogP contribution in [0, 0.1) is 11.8 Å². The number of nitrogens with one attached hydrogen (secondary N) is 2. The summed E-state index contributed by atoms with van der Waals surface area (Å²) in [5.41, 5.74) is -1.60. The van der Waals surface area contributed by atoms with Gasteiger partial charge in [-0.05, 0) is 88.5 Å². The van der Waals surface area contributed by atoms with Crippen molar-refractivity contribution in [3.8, 4) is 0 Å². The third kappa shape index (κ3) is 8.29. The molecule has 4 saturated heterocycles. The van der Waals surface area contributed by atoms with E-state index >= 15 is 0 Å². The minimum atomic E-state index is -0.806. The molecule has 2 unspecified atom stereocenters. The highest BCUT2D eigenvalue weighted by molar-refractivity contribution is 6.29. The summed E-state index contributed by atoms with van der Waals surface area (Å²) in [5, 5.41) is 22.2. The maximum atomic E-state index is 12.8. The number of hydrogen-bond donors (Lipinski definition) is 2. The largest absolute Gasteiger partial charge is 0.349 e. The molecule has 17 heteroatoms. The van der Waals surface area contributed by atoms with Crippen molar-refractivity contribution < 1.29 is 28.8 Å². The van der Waals surface area contributed by atoms with Crippen LogP contribution in [-0.2, 0) is 28.8 Å². The molecule has 0 radical (unpaired) electrons. The van der Waals surface area contributed by atoms with E-state index in [4.69, 9.17) is 11.6 Å². The number of aromatic nitrogens is 4. The summed E-state index contributed by atoms with van der Waals surface area (Å²) in [6.07, 6.45) is 6.72. The van der Waals surface area contributed by atoms with Gasteiger partial charge in [0.15, 0.2) is 28.4 Å². The lowest BCUT2D eigenvalue weighted by Gasteiger charge is -2.40. The van der Waals surface area contributed by atoms with Gasteiger partial charge in [0.2, 0.25) is 23.6 Å². The van der Waals surface area contributed by atoms with Gasteiger partial charge in [0.25, 0.3) is 0 Å². The molecule has 6 heterocycles. The second-order valence-corrected chi connectivity index (χ2v) is 16.2. The first-order valence-corrected chi connectivity index (χ1v) is 19.8. The van der Waals surface area contributed by atoms with E-state index in [-0.39, 0.29) is 78.4 Å². The SMILES string of the molecule is C[C@H]1CN(C(=O)CCC2(C3CC3)NC(=O)CC2=O)CCN1c1ccc(Cl)nn1.C[C@H]1CN(C(=O)CCC2(C3CC3)NC(=O)CC2=O)CCN1c1cccnn1. The summed E-state index contributed by atoms with van der Waals surface area (Å²) in [6.45, 7) is 7.89. The van der Waals surface area contributed by atoms with Crippen molar-refractivity contribution in [1.82, 2.24) is 40.8 Å². The Kier molecular flexibility index (Phi) is 11.1. The van der Waals surface area contributed by atoms with Gasteiger partial charge in [-0.3, -0.25) is 28.8 Å². The summed E-state index contributed by atoms with van der Waals surface area (Å²) >= 11 is 5.80. The van der Waals surface area contributed by atoms with Crippen LogP contribution in [0.4, 0.5) is 11.6 Å². The summed E-state index contributed by atoms with van der Waals surface area (Å²) in [5.74, 6) is 1.55. The molecule has 2 N–H and O–H groups in total. The monoisotopic (exact) mass is 776 g/mol. The average molecular weight is 777 g/mol. The number of piperazine rings is 2. The fourth-order valence-electron chi connectivity index (χ4n) is 8.84. The lowest BCUT2D eigenvalue weighted by molar-refractivity contribution is -0.134. The van der Waals surface area contributed by atoms with E-state index in [0.717, 1.165) is 37.3 Å². The number of ketones is 2. The molecule has 2 aromatic heterocycles.